The number of rotatable bonds is 3. The third kappa shape index (κ3) is 3.41. The number of carbonyl (C=O) groups excluding carboxylic acids is 1. The zero-order chi connectivity index (χ0) is 22.4. The first kappa shape index (κ1) is 20.1. The van der Waals surface area contributed by atoms with Crippen LogP contribution in [0.25, 0.3) is 16.7 Å². The van der Waals surface area contributed by atoms with Crippen LogP contribution < -0.4 is 0 Å². The third-order valence-corrected chi connectivity index (χ3v) is 7.43. The first-order chi connectivity index (χ1) is 16.2. The molecule has 1 aliphatic carbocycles. The molecule has 2 heterocycles. The molecule has 1 saturated heterocycles. The number of piperidine rings is 1. The van der Waals surface area contributed by atoms with Gasteiger partial charge >= 0.3 is 6.09 Å². The quantitative estimate of drug-likeness (QED) is 0.519. The summed E-state index contributed by atoms with van der Waals surface area (Å²) in [5.74, 6) is 0.370. The predicted molar refractivity (Wildman–Crippen MR) is 129 cm³/mol. The molecule has 4 nitrogen and oxygen atoms in total. The second-order valence-corrected chi connectivity index (χ2v) is 9.28. The molecule has 33 heavy (non-hydrogen) atoms. The molecule has 2 aliphatic heterocycles. The Kier molecular flexibility index (Phi) is 4.94. The van der Waals surface area contributed by atoms with Crippen molar-refractivity contribution in [3.8, 4) is 16.9 Å². The second-order valence-electron chi connectivity index (χ2n) is 9.28. The van der Waals surface area contributed by atoms with Crippen molar-refractivity contribution in [2.75, 3.05) is 6.61 Å². The van der Waals surface area contributed by atoms with Crippen LogP contribution in [-0.4, -0.2) is 34.8 Å². The lowest BCUT2D eigenvalue weighted by Gasteiger charge is -2.44. The predicted octanol–water partition coefficient (Wildman–Crippen LogP) is 6.35. The van der Waals surface area contributed by atoms with Gasteiger partial charge in [-0.05, 0) is 59.6 Å². The van der Waals surface area contributed by atoms with Crippen molar-refractivity contribution < 1.29 is 14.6 Å². The maximum absolute atomic E-state index is 13.3. The average Bonchev–Trinajstić information content (AvgIpc) is 3.16. The Hall–Kier alpha value is -3.53. The summed E-state index contributed by atoms with van der Waals surface area (Å²) in [4.78, 5) is 15.3. The van der Waals surface area contributed by atoms with E-state index in [-0.39, 0.29) is 24.1 Å². The number of aromatic hydroxyl groups is 1. The molecule has 3 aromatic rings. The molecule has 0 saturated carbocycles. The van der Waals surface area contributed by atoms with Crippen LogP contribution in [0.15, 0.2) is 78.9 Å². The van der Waals surface area contributed by atoms with Crippen molar-refractivity contribution >= 4 is 11.7 Å². The number of carbonyl (C=O) groups is 1. The summed E-state index contributed by atoms with van der Waals surface area (Å²) in [5, 5.41) is 10.3. The van der Waals surface area contributed by atoms with Gasteiger partial charge in [-0.1, -0.05) is 72.8 Å². The molecule has 0 spiro atoms. The van der Waals surface area contributed by atoms with Gasteiger partial charge in [0.2, 0.25) is 0 Å². The van der Waals surface area contributed by atoms with Gasteiger partial charge in [-0.15, -0.1) is 0 Å². The van der Waals surface area contributed by atoms with E-state index >= 15 is 0 Å². The van der Waals surface area contributed by atoms with Gasteiger partial charge in [0.15, 0.2) is 0 Å². The van der Waals surface area contributed by atoms with E-state index in [9.17, 15) is 9.90 Å². The van der Waals surface area contributed by atoms with Crippen LogP contribution in [0.1, 0.15) is 48.3 Å². The van der Waals surface area contributed by atoms with Crippen molar-refractivity contribution in [1.82, 2.24) is 4.90 Å². The van der Waals surface area contributed by atoms with Crippen molar-refractivity contribution in [2.45, 2.75) is 43.7 Å². The van der Waals surface area contributed by atoms with Gasteiger partial charge in [-0.25, -0.2) is 4.79 Å². The molecule has 0 aromatic heterocycles. The molecule has 166 valence electrons. The normalized spacial score (nSPS) is 21.2. The van der Waals surface area contributed by atoms with Crippen LogP contribution in [-0.2, 0) is 4.74 Å². The fourth-order valence-electron chi connectivity index (χ4n) is 5.93. The zero-order valence-electron chi connectivity index (χ0n) is 18.5. The Morgan fingerprint density at radius 3 is 2.18 bits per heavy atom. The van der Waals surface area contributed by atoms with Crippen LogP contribution >= 0.6 is 0 Å². The highest BCUT2D eigenvalue weighted by Crippen LogP contribution is 2.45. The number of para-hydroxylation sites is 1. The highest BCUT2D eigenvalue weighted by atomic mass is 16.6. The monoisotopic (exact) mass is 437 g/mol. The lowest BCUT2D eigenvalue weighted by Crippen LogP contribution is -2.51. The maximum atomic E-state index is 13.3. The number of hydrogen-bond acceptors (Lipinski definition) is 3. The number of amides is 1. The second kappa shape index (κ2) is 8.11. The molecule has 1 fully saturated rings. The van der Waals surface area contributed by atoms with E-state index in [1.54, 1.807) is 6.07 Å². The standard InChI is InChI=1S/C29H27NO3/c31-28-15-6-5-10-22(28)19-16-20-8-7-9-21(17-19)30(20)29(32)33-18-27-25-13-3-1-11-23(25)24-12-2-4-14-26(24)27/h1-6,10-16,20-21,27,31H,7-9,17-18H2. The van der Waals surface area contributed by atoms with Crippen LogP contribution in [0.3, 0.4) is 0 Å². The van der Waals surface area contributed by atoms with Crippen molar-refractivity contribution in [2.24, 2.45) is 0 Å². The minimum atomic E-state index is -0.223. The molecular weight excluding hydrogens is 410 g/mol. The van der Waals surface area contributed by atoms with Crippen LogP contribution in [0, 0.1) is 0 Å². The van der Waals surface area contributed by atoms with E-state index in [4.69, 9.17) is 4.74 Å². The lowest BCUT2D eigenvalue weighted by molar-refractivity contribution is 0.0539. The number of hydrogen-bond donors (Lipinski definition) is 1. The SMILES string of the molecule is O=C(OCC1c2ccccc2-c2ccccc21)N1C2C=C(c3ccccc3O)CC1CCC2. The minimum absolute atomic E-state index is 0.0164. The molecular formula is C29H27NO3. The molecule has 3 aliphatic rings. The van der Waals surface area contributed by atoms with E-state index < -0.39 is 0 Å². The number of nitrogens with zero attached hydrogens (tertiary/aromatic N) is 1. The van der Waals surface area contributed by atoms with E-state index in [1.165, 1.54) is 22.3 Å². The molecule has 1 N–H and O–H groups in total. The first-order valence-corrected chi connectivity index (χ1v) is 11.8. The number of phenolic OH excluding ortho intramolecular Hbond substituents is 1. The molecule has 1 amide bonds. The van der Waals surface area contributed by atoms with E-state index in [0.29, 0.717) is 12.4 Å². The van der Waals surface area contributed by atoms with Crippen molar-refractivity contribution in [1.29, 1.82) is 0 Å². The highest BCUT2D eigenvalue weighted by Gasteiger charge is 2.39. The van der Waals surface area contributed by atoms with Crippen LogP contribution in [0.4, 0.5) is 4.79 Å². The van der Waals surface area contributed by atoms with E-state index in [2.05, 4.69) is 54.6 Å². The van der Waals surface area contributed by atoms with Crippen molar-refractivity contribution in [3.05, 3.63) is 95.6 Å². The van der Waals surface area contributed by atoms with Crippen molar-refractivity contribution in [3.63, 3.8) is 0 Å². The number of fused-ring (bicyclic) bond motifs is 5. The van der Waals surface area contributed by atoms with Gasteiger partial charge in [0.1, 0.15) is 12.4 Å². The molecule has 3 aromatic carbocycles. The van der Waals surface area contributed by atoms with Gasteiger partial charge in [-0.3, -0.25) is 4.90 Å². The van der Waals surface area contributed by atoms with Crippen LogP contribution in [0.2, 0.25) is 0 Å². The fraction of sp³-hybridized carbons (Fsp3) is 0.276. The number of benzene rings is 3. The molecule has 0 radical (unpaired) electrons. The average molecular weight is 438 g/mol. The topological polar surface area (TPSA) is 49.8 Å². The Morgan fingerprint density at radius 1 is 0.879 bits per heavy atom. The third-order valence-electron chi connectivity index (χ3n) is 7.43. The summed E-state index contributed by atoms with van der Waals surface area (Å²) < 4.78 is 5.99. The summed E-state index contributed by atoms with van der Waals surface area (Å²) in [6.07, 6.45) is 5.68. The molecule has 6 rings (SSSR count). The fourth-order valence-corrected chi connectivity index (χ4v) is 5.93. The number of phenols is 1. The largest absolute Gasteiger partial charge is 0.507 e. The Morgan fingerprint density at radius 2 is 1.52 bits per heavy atom. The summed E-state index contributed by atoms with van der Waals surface area (Å²) >= 11 is 0. The lowest BCUT2D eigenvalue weighted by atomic mass is 9.83. The summed E-state index contributed by atoms with van der Waals surface area (Å²) in [5.41, 5.74) is 6.93. The Balaban J connectivity index is 1.23. The molecule has 2 atom stereocenters. The molecule has 2 bridgehead atoms. The van der Waals surface area contributed by atoms with E-state index in [0.717, 1.165) is 36.8 Å². The zero-order valence-corrected chi connectivity index (χ0v) is 18.5. The first-order valence-electron chi connectivity index (χ1n) is 11.8. The number of ether oxygens (including phenoxy) is 1. The smallest absolute Gasteiger partial charge is 0.410 e. The highest BCUT2D eigenvalue weighted by molar-refractivity contribution is 5.79. The summed E-state index contributed by atoms with van der Waals surface area (Å²) in [7, 11) is 0. The van der Waals surface area contributed by atoms with E-state index in [1.807, 2.05) is 23.1 Å². The maximum Gasteiger partial charge on any atom is 0.410 e. The van der Waals surface area contributed by atoms with Gasteiger partial charge in [0.25, 0.3) is 0 Å². The molecule has 4 heteroatoms. The van der Waals surface area contributed by atoms with Gasteiger partial charge in [0.05, 0.1) is 6.04 Å². The Labute approximate surface area is 194 Å². The van der Waals surface area contributed by atoms with Gasteiger partial charge in [-0.2, -0.15) is 0 Å². The van der Waals surface area contributed by atoms with Gasteiger partial charge in [0, 0.05) is 17.5 Å². The van der Waals surface area contributed by atoms with Gasteiger partial charge < -0.3 is 9.84 Å². The molecule has 2 unspecified atom stereocenters. The van der Waals surface area contributed by atoms with Crippen LogP contribution in [0.5, 0.6) is 5.75 Å². The summed E-state index contributed by atoms with van der Waals surface area (Å²) in [6, 6.07) is 24.4. The summed E-state index contributed by atoms with van der Waals surface area (Å²) in [6.45, 7) is 0.346. The minimum Gasteiger partial charge on any atom is -0.507 e. The Bertz CT molecular complexity index is 1200.